The maximum Gasteiger partial charge on any atom is 0.155 e. The summed E-state index contributed by atoms with van der Waals surface area (Å²) >= 11 is 0. The Morgan fingerprint density at radius 2 is 1.78 bits per heavy atom. The predicted octanol–water partition coefficient (Wildman–Crippen LogP) is 3.66. The maximum atomic E-state index is 13.5. The van der Waals surface area contributed by atoms with Crippen LogP contribution in [0.5, 0.6) is 0 Å². The van der Waals surface area contributed by atoms with Crippen LogP contribution < -0.4 is 4.90 Å². The molecule has 0 unspecified atom stereocenters. The number of anilines is 1. The van der Waals surface area contributed by atoms with Crippen molar-refractivity contribution in [2.45, 2.75) is 38.4 Å². The van der Waals surface area contributed by atoms with Gasteiger partial charge in [0.15, 0.2) is 5.65 Å². The molecule has 2 bridgehead atoms. The number of hydrogen-bond donors (Lipinski definition) is 0. The SMILES string of the molecule is CC(C)N1C[C@@H]2C[C@H]1CN2c1ccc2nc(-c3ccc(F)cc3)c(-c3ccnnc3)n2n1. The molecule has 3 aromatic heterocycles. The van der Waals surface area contributed by atoms with E-state index in [4.69, 9.17) is 10.1 Å². The summed E-state index contributed by atoms with van der Waals surface area (Å²) in [6.45, 7) is 6.61. The summed E-state index contributed by atoms with van der Waals surface area (Å²) in [5, 5.41) is 13.0. The van der Waals surface area contributed by atoms with E-state index in [-0.39, 0.29) is 5.82 Å². The Balaban J connectivity index is 1.46. The van der Waals surface area contributed by atoms with Crippen LogP contribution in [0.15, 0.2) is 54.9 Å². The molecule has 162 valence electrons. The van der Waals surface area contributed by atoms with E-state index in [1.54, 1.807) is 24.5 Å². The van der Waals surface area contributed by atoms with E-state index in [1.165, 1.54) is 18.6 Å². The Morgan fingerprint density at radius 1 is 0.938 bits per heavy atom. The van der Waals surface area contributed by atoms with Gasteiger partial charge < -0.3 is 4.90 Å². The first-order chi connectivity index (χ1) is 15.6. The fraction of sp³-hybridized carbons (Fsp3) is 0.333. The van der Waals surface area contributed by atoms with Crippen LogP contribution in [0.25, 0.3) is 28.2 Å². The molecule has 0 amide bonds. The Hall–Kier alpha value is -3.39. The van der Waals surface area contributed by atoms with E-state index in [0.717, 1.165) is 47.1 Å². The van der Waals surface area contributed by atoms with Gasteiger partial charge in [-0.3, -0.25) is 4.90 Å². The molecular formula is C24H24FN7. The van der Waals surface area contributed by atoms with Gasteiger partial charge in [-0.15, -0.1) is 5.10 Å². The van der Waals surface area contributed by atoms with Gasteiger partial charge in [0.2, 0.25) is 0 Å². The van der Waals surface area contributed by atoms with Gasteiger partial charge in [-0.05, 0) is 62.7 Å². The van der Waals surface area contributed by atoms with Crippen LogP contribution in [-0.4, -0.2) is 60.9 Å². The normalized spacial score (nSPS) is 20.7. The Kier molecular flexibility index (Phi) is 4.43. The molecule has 4 aromatic rings. The highest BCUT2D eigenvalue weighted by molar-refractivity contribution is 5.81. The van der Waals surface area contributed by atoms with E-state index in [9.17, 15) is 4.39 Å². The number of benzene rings is 1. The second-order valence-corrected chi connectivity index (χ2v) is 8.89. The Bertz CT molecular complexity index is 1270. The zero-order valence-electron chi connectivity index (χ0n) is 18.1. The van der Waals surface area contributed by atoms with Crippen LogP contribution in [0.2, 0.25) is 0 Å². The van der Waals surface area contributed by atoms with Crippen molar-refractivity contribution in [2.24, 2.45) is 0 Å². The van der Waals surface area contributed by atoms with Crippen molar-refractivity contribution in [3.8, 4) is 22.5 Å². The van der Waals surface area contributed by atoms with Crippen LogP contribution in [0.3, 0.4) is 0 Å². The molecule has 2 saturated heterocycles. The second-order valence-electron chi connectivity index (χ2n) is 8.89. The number of likely N-dealkylation sites (tertiary alicyclic amines) is 1. The minimum atomic E-state index is -0.274. The zero-order chi connectivity index (χ0) is 21.8. The summed E-state index contributed by atoms with van der Waals surface area (Å²) in [7, 11) is 0. The fourth-order valence-corrected chi connectivity index (χ4v) is 5.19. The third kappa shape index (κ3) is 3.05. The summed E-state index contributed by atoms with van der Waals surface area (Å²) in [5.74, 6) is 0.685. The van der Waals surface area contributed by atoms with Crippen molar-refractivity contribution >= 4 is 11.5 Å². The van der Waals surface area contributed by atoms with Crippen LogP contribution >= 0.6 is 0 Å². The molecule has 2 aliphatic rings. The number of aromatic nitrogens is 5. The highest BCUT2D eigenvalue weighted by atomic mass is 19.1. The van der Waals surface area contributed by atoms with Crippen molar-refractivity contribution in [3.63, 3.8) is 0 Å². The third-order valence-corrected chi connectivity index (χ3v) is 6.68. The molecule has 0 spiro atoms. The molecule has 0 aliphatic carbocycles. The monoisotopic (exact) mass is 429 g/mol. The van der Waals surface area contributed by atoms with Gasteiger partial charge in [-0.2, -0.15) is 10.2 Å². The van der Waals surface area contributed by atoms with E-state index >= 15 is 0 Å². The quantitative estimate of drug-likeness (QED) is 0.493. The number of hydrogen-bond acceptors (Lipinski definition) is 6. The predicted molar refractivity (Wildman–Crippen MR) is 121 cm³/mol. The van der Waals surface area contributed by atoms with E-state index in [2.05, 4.69) is 39.9 Å². The summed E-state index contributed by atoms with van der Waals surface area (Å²) in [4.78, 5) is 9.86. The fourth-order valence-electron chi connectivity index (χ4n) is 5.19. The lowest BCUT2D eigenvalue weighted by atomic mass is 10.1. The van der Waals surface area contributed by atoms with Gasteiger partial charge >= 0.3 is 0 Å². The van der Waals surface area contributed by atoms with Gasteiger partial charge in [-0.1, -0.05) is 0 Å². The van der Waals surface area contributed by atoms with Crippen LogP contribution in [0.4, 0.5) is 10.2 Å². The molecule has 6 rings (SSSR count). The summed E-state index contributed by atoms with van der Waals surface area (Å²) < 4.78 is 15.4. The lowest BCUT2D eigenvalue weighted by Crippen LogP contribution is -2.49. The topological polar surface area (TPSA) is 62.5 Å². The van der Waals surface area contributed by atoms with Gasteiger partial charge in [0, 0.05) is 42.3 Å². The third-order valence-electron chi connectivity index (χ3n) is 6.68. The maximum absolute atomic E-state index is 13.5. The number of piperazine rings is 1. The minimum Gasteiger partial charge on any atom is -0.349 e. The average Bonchev–Trinajstić information content (AvgIpc) is 3.52. The molecule has 1 aromatic carbocycles. The first-order valence-corrected chi connectivity index (χ1v) is 11.0. The molecule has 2 atom stereocenters. The van der Waals surface area contributed by atoms with E-state index in [0.29, 0.717) is 18.1 Å². The van der Waals surface area contributed by atoms with Crippen molar-refractivity contribution in [1.29, 1.82) is 0 Å². The molecular weight excluding hydrogens is 405 g/mol. The van der Waals surface area contributed by atoms with Crippen molar-refractivity contribution < 1.29 is 4.39 Å². The molecule has 32 heavy (non-hydrogen) atoms. The molecule has 0 radical (unpaired) electrons. The highest BCUT2D eigenvalue weighted by Gasteiger charge is 2.44. The second kappa shape index (κ2) is 7.34. The van der Waals surface area contributed by atoms with E-state index in [1.807, 2.05) is 16.6 Å². The minimum absolute atomic E-state index is 0.274. The van der Waals surface area contributed by atoms with Crippen molar-refractivity contribution in [3.05, 3.63) is 60.7 Å². The summed E-state index contributed by atoms with van der Waals surface area (Å²) in [6.07, 6.45) is 4.56. The standard InChI is InChI=1S/C24H24FN7/c1-15(2)30-13-20-11-19(30)14-31(20)22-8-7-21-28-23(16-3-5-18(25)6-4-16)24(32(21)29-22)17-9-10-26-27-12-17/h3-10,12,15,19-20H,11,13-14H2,1-2H3/t19-,20-/m0/s1. The van der Waals surface area contributed by atoms with Gasteiger partial charge in [0.25, 0.3) is 0 Å². The lowest BCUT2D eigenvalue weighted by Gasteiger charge is -2.36. The van der Waals surface area contributed by atoms with Gasteiger partial charge in [-0.25, -0.2) is 13.9 Å². The number of halogens is 1. The molecule has 2 aliphatic heterocycles. The first-order valence-electron chi connectivity index (χ1n) is 11.0. The van der Waals surface area contributed by atoms with Crippen molar-refractivity contribution in [2.75, 3.05) is 18.0 Å². The Labute approximate surface area is 185 Å². The summed E-state index contributed by atoms with van der Waals surface area (Å²) in [6, 6.07) is 14.0. The number of imidazole rings is 1. The molecule has 2 fully saturated rings. The molecule has 7 nitrogen and oxygen atoms in total. The largest absolute Gasteiger partial charge is 0.349 e. The van der Waals surface area contributed by atoms with Crippen LogP contribution in [0.1, 0.15) is 20.3 Å². The van der Waals surface area contributed by atoms with Gasteiger partial charge in [0.1, 0.15) is 17.3 Å². The highest BCUT2D eigenvalue weighted by Crippen LogP contribution is 2.36. The average molecular weight is 430 g/mol. The van der Waals surface area contributed by atoms with Crippen molar-refractivity contribution in [1.82, 2.24) is 29.7 Å². The molecule has 5 heterocycles. The van der Waals surface area contributed by atoms with Crippen LogP contribution in [0, 0.1) is 5.82 Å². The lowest BCUT2D eigenvalue weighted by molar-refractivity contribution is 0.191. The van der Waals surface area contributed by atoms with E-state index < -0.39 is 0 Å². The number of nitrogens with zero attached hydrogens (tertiary/aromatic N) is 7. The zero-order valence-corrected chi connectivity index (χ0v) is 18.1. The first kappa shape index (κ1) is 19.3. The van der Waals surface area contributed by atoms with Crippen LogP contribution in [-0.2, 0) is 0 Å². The number of fused-ring (bicyclic) bond motifs is 3. The summed E-state index contributed by atoms with van der Waals surface area (Å²) in [5.41, 5.74) is 4.02. The number of rotatable bonds is 4. The molecule has 0 N–H and O–H groups in total. The molecule has 0 saturated carbocycles. The molecule has 8 heteroatoms. The van der Waals surface area contributed by atoms with Gasteiger partial charge in [0.05, 0.1) is 18.1 Å². The Morgan fingerprint density at radius 3 is 2.47 bits per heavy atom. The smallest absolute Gasteiger partial charge is 0.155 e.